The standard InChI is InChI=1S/C9H20N2O2/c1-4-9(3,7-12)11-6-5-10-8(2)13/h11-12H,4-7H2,1-3H3,(H,10,13). The first-order valence-electron chi connectivity index (χ1n) is 4.64. The highest BCUT2D eigenvalue weighted by molar-refractivity contribution is 5.72. The van der Waals surface area contributed by atoms with Crippen molar-refractivity contribution in [3.05, 3.63) is 0 Å². The van der Waals surface area contributed by atoms with Crippen LogP contribution in [0, 0.1) is 0 Å². The molecule has 0 fully saturated rings. The molecular weight excluding hydrogens is 168 g/mol. The SMILES string of the molecule is CCC(C)(CO)NCCNC(C)=O. The molecule has 0 saturated carbocycles. The number of hydrogen-bond acceptors (Lipinski definition) is 3. The Morgan fingerprint density at radius 3 is 2.46 bits per heavy atom. The van der Waals surface area contributed by atoms with Gasteiger partial charge in [-0.25, -0.2) is 0 Å². The first kappa shape index (κ1) is 12.4. The minimum Gasteiger partial charge on any atom is -0.394 e. The van der Waals surface area contributed by atoms with Crippen molar-refractivity contribution in [1.29, 1.82) is 0 Å². The van der Waals surface area contributed by atoms with Gasteiger partial charge in [0.1, 0.15) is 0 Å². The second kappa shape index (κ2) is 5.94. The molecule has 1 amide bonds. The van der Waals surface area contributed by atoms with Crippen LogP contribution < -0.4 is 10.6 Å². The number of hydrogen-bond donors (Lipinski definition) is 3. The molecule has 4 heteroatoms. The van der Waals surface area contributed by atoms with Gasteiger partial charge < -0.3 is 15.7 Å². The molecule has 3 N–H and O–H groups in total. The molecule has 0 aliphatic rings. The zero-order valence-corrected chi connectivity index (χ0v) is 8.68. The van der Waals surface area contributed by atoms with Crippen LogP contribution in [-0.4, -0.2) is 36.2 Å². The summed E-state index contributed by atoms with van der Waals surface area (Å²) >= 11 is 0. The van der Waals surface area contributed by atoms with E-state index in [-0.39, 0.29) is 18.1 Å². The largest absolute Gasteiger partial charge is 0.394 e. The molecule has 1 atom stereocenters. The molecule has 1 unspecified atom stereocenters. The van der Waals surface area contributed by atoms with Crippen molar-refractivity contribution < 1.29 is 9.90 Å². The van der Waals surface area contributed by atoms with E-state index in [0.717, 1.165) is 6.42 Å². The van der Waals surface area contributed by atoms with Gasteiger partial charge in [0.25, 0.3) is 0 Å². The van der Waals surface area contributed by atoms with E-state index in [1.807, 2.05) is 13.8 Å². The third-order valence-electron chi connectivity index (χ3n) is 2.18. The van der Waals surface area contributed by atoms with Gasteiger partial charge in [0.15, 0.2) is 0 Å². The molecule has 0 aromatic rings. The molecule has 0 aliphatic carbocycles. The lowest BCUT2D eigenvalue weighted by Crippen LogP contribution is -2.47. The van der Waals surface area contributed by atoms with Crippen LogP contribution in [0.3, 0.4) is 0 Å². The second-order valence-corrected chi connectivity index (χ2v) is 3.48. The number of carbonyl (C=O) groups is 1. The highest BCUT2D eigenvalue weighted by Crippen LogP contribution is 2.06. The number of rotatable bonds is 6. The zero-order chi connectivity index (χ0) is 10.3. The quantitative estimate of drug-likeness (QED) is 0.509. The minimum absolute atomic E-state index is 0.0241. The number of nitrogens with one attached hydrogen (secondary N) is 2. The number of aliphatic hydroxyl groups is 1. The van der Waals surface area contributed by atoms with E-state index in [0.29, 0.717) is 13.1 Å². The van der Waals surface area contributed by atoms with E-state index in [9.17, 15) is 4.79 Å². The molecule has 0 bridgehead atoms. The van der Waals surface area contributed by atoms with Gasteiger partial charge in [-0.05, 0) is 13.3 Å². The van der Waals surface area contributed by atoms with E-state index < -0.39 is 0 Å². The van der Waals surface area contributed by atoms with Crippen LogP contribution in [-0.2, 0) is 4.79 Å². The summed E-state index contributed by atoms with van der Waals surface area (Å²) in [7, 11) is 0. The van der Waals surface area contributed by atoms with Gasteiger partial charge in [0.2, 0.25) is 5.91 Å². The second-order valence-electron chi connectivity index (χ2n) is 3.48. The maximum Gasteiger partial charge on any atom is 0.216 e. The van der Waals surface area contributed by atoms with Crippen molar-refractivity contribution in [2.45, 2.75) is 32.7 Å². The van der Waals surface area contributed by atoms with Crippen LogP contribution >= 0.6 is 0 Å². The van der Waals surface area contributed by atoms with Crippen molar-refractivity contribution >= 4 is 5.91 Å². The smallest absolute Gasteiger partial charge is 0.216 e. The summed E-state index contributed by atoms with van der Waals surface area (Å²) in [5.41, 5.74) is -0.224. The van der Waals surface area contributed by atoms with Crippen molar-refractivity contribution in [3.8, 4) is 0 Å². The van der Waals surface area contributed by atoms with Gasteiger partial charge >= 0.3 is 0 Å². The predicted octanol–water partition coefficient (Wildman–Crippen LogP) is -0.127. The normalized spacial score (nSPS) is 15.1. The Morgan fingerprint density at radius 2 is 2.08 bits per heavy atom. The molecule has 78 valence electrons. The lowest BCUT2D eigenvalue weighted by molar-refractivity contribution is -0.118. The molecule has 0 aliphatic heterocycles. The summed E-state index contributed by atoms with van der Waals surface area (Å²) in [6, 6.07) is 0. The Hall–Kier alpha value is -0.610. The molecule has 0 saturated heterocycles. The fourth-order valence-corrected chi connectivity index (χ4v) is 0.896. The number of carbonyl (C=O) groups excluding carboxylic acids is 1. The van der Waals surface area contributed by atoms with Gasteiger partial charge in [0, 0.05) is 25.6 Å². The molecule has 0 spiro atoms. The average molecular weight is 188 g/mol. The lowest BCUT2D eigenvalue weighted by Gasteiger charge is -2.27. The first-order valence-corrected chi connectivity index (χ1v) is 4.64. The van der Waals surface area contributed by atoms with Gasteiger partial charge in [-0.1, -0.05) is 6.92 Å². The van der Waals surface area contributed by atoms with E-state index in [1.165, 1.54) is 6.92 Å². The van der Waals surface area contributed by atoms with Gasteiger partial charge in [-0.2, -0.15) is 0 Å². The number of aliphatic hydroxyl groups excluding tert-OH is 1. The fourth-order valence-electron chi connectivity index (χ4n) is 0.896. The van der Waals surface area contributed by atoms with Crippen molar-refractivity contribution in [2.24, 2.45) is 0 Å². The van der Waals surface area contributed by atoms with E-state index >= 15 is 0 Å². The molecule has 0 rings (SSSR count). The predicted molar refractivity (Wildman–Crippen MR) is 52.5 cm³/mol. The molecule has 13 heavy (non-hydrogen) atoms. The van der Waals surface area contributed by atoms with Crippen LogP contribution in [0.2, 0.25) is 0 Å². The Morgan fingerprint density at radius 1 is 1.46 bits per heavy atom. The van der Waals surface area contributed by atoms with Crippen LogP contribution in [0.4, 0.5) is 0 Å². The van der Waals surface area contributed by atoms with Crippen LogP contribution in [0.15, 0.2) is 0 Å². The van der Waals surface area contributed by atoms with Gasteiger partial charge in [-0.3, -0.25) is 4.79 Å². The lowest BCUT2D eigenvalue weighted by atomic mass is 10.0. The molecule has 0 radical (unpaired) electrons. The van der Waals surface area contributed by atoms with E-state index in [1.54, 1.807) is 0 Å². The monoisotopic (exact) mass is 188 g/mol. The molecular formula is C9H20N2O2. The summed E-state index contributed by atoms with van der Waals surface area (Å²) in [4.78, 5) is 10.5. The third kappa shape index (κ3) is 5.60. The summed E-state index contributed by atoms with van der Waals surface area (Å²) in [6.07, 6.45) is 0.865. The van der Waals surface area contributed by atoms with Crippen molar-refractivity contribution in [2.75, 3.05) is 19.7 Å². The zero-order valence-electron chi connectivity index (χ0n) is 8.68. The minimum atomic E-state index is -0.224. The topological polar surface area (TPSA) is 61.4 Å². The van der Waals surface area contributed by atoms with Crippen LogP contribution in [0.25, 0.3) is 0 Å². The third-order valence-corrected chi connectivity index (χ3v) is 2.18. The summed E-state index contributed by atoms with van der Waals surface area (Å²) < 4.78 is 0. The summed E-state index contributed by atoms with van der Waals surface area (Å²) in [6.45, 7) is 6.87. The van der Waals surface area contributed by atoms with Gasteiger partial charge in [-0.15, -0.1) is 0 Å². The Labute approximate surface area is 79.7 Å². The van der Waals surface area contributed by atoms with Crippen LogP contribution in [0.5, 0.6) is 0 Å². The molecule has 4 nitrogen and oxygen atoms in total. The van der Waals surface area contributed by atoms with E-state index in [2.05, 4.69) is 10.6 Å². The van der Waals surface area contributed by atoms with Crippen LogP contribution in [0.1, 0.15) is 27.2 Å². The molecule has 0 heterocycles. The molecule has 0 aromatic heterocycles. The highest BCUT2D eigenvalue weighted by atomic mass is 16.3. The maximum atomic E-state index is 10.5. The Bertz CT molecular complexity index is 156. The van der Waals surface area contributed by atoms with Crippen molar-refractivity contribution in [1.82, 2.24) is 10.6 Å². The summed E-state index contributed by atoms with van der Waals surface area (Å²) in [5, 5.41) is 14.9. The fraction of sp³-hybridized carbons (Fsp3) is 0.889. The Balaban J connectivity index is 3.55. The number of amides is 1. The van der Waals surface area contributed by atoms with Gasteiger partial charge in [0.05, 0.1) is 6.61 Å². The highest BCUT2D eigenvalue weighted by Gasteiger charge is 2.18. The maximum absolute atomic E-state index is 10.5. The molecule has 0 aromatic carbocycles. The summed E-state index contributed by atoms with van der Waals surface area (Å²) in [5.74, 6) is -0.0241. The first-order chi connectivity index (χ1) is 6.04. The van der Waals surface area contributed by atoms with E-state index in [4.69, 9.17) is 5.11 Å². The Kier molecular flexibility index (Phi) is 5.66. The average Bonchev–Trinajstić information content (AvgIpc) is 2.12. The van der Waals surface area contributed by atoms with Crippen molar-refractivity contribution in [3.63, 3.8) is 0 Å².